The maximum absolute atomic E-state index is 9.27. The van der Waals surface area contributed by atoms with Crippen molar-refractivity contribution in [3.05, 3.63) is 17.2 Å². The molecule has 4 N–H and O–H groups in total. The number of nitrogens with two attached hydrogens (primary N) is 1. The van der Waals surface area contributed by atoms with E-state index >= 15 is 0 Å². The summed E-state index contributed by atoms with van der Waals surface area (Å²) in [6.07, 6.45) is 0.755. The number of aryl methyl sites for hydroxylation is 1. The van der Waals surface area contributed by atoms with Gasteiger partial charge in [-0.1, -0.05) is 6.92 Å². The summed E-state index contributed by atoms with van der Waals surface area (Å²) in [7, 11) is 0. The zero-order chi connectivity index (χ0) is 9.30. The fourth-order valence-electron chi connectivity index (χ4n) is 1.32. The van der Waals surface area contributed by atoms with E-state index in [4.69, 9.17) is 5.73 Å². The Labute approximate surface area is 71.5 Å². The molecule has 0 spiro atoms. The second kappa shape index (κ2) is 2.93. The Morgan fingerprint density at radius 3 is 2.50 bits per heavy atom. The van der Waals surface area contributed by atoms with Crippen molar-refractivity contribution in [3.8, 4) is 11.5 Å². The number of rotatable bonds is 1. The van der Waals surface area contributed by atoms with E-state index in [0.29, 0.717) is 0 Å². The molecule has 0 saturated heterocycles. The third-order valence-corrected chi connectivity index (χ3v) is 2.01. The maximum atomic E-state index is 9.27. The average molecular weight is 167 g/mol. The van der Waals surface area contributed by atoms with Crippen LogP contribution in [-0.2, 0) is 6.42 Å². The van der Waals surface area contributed by atoms with Crippen molar-refractivity contribution < 1.29 is 10.2 Å². The zero-order valence-electron chi connectivity index (χ0n) is 7.26. The quantitative estimate of drug-likeness (QED) is 0.439. The first-order valence-corrected chi connectivity index (χ1v) is 3.87. The van der Waals surface area contributed by atoms with Crippen molar-refractivity contribution in [3.63, 3.8) is 0 Å². The lowest BCUT2D eigenvalue weighted by atomic mass is 10.0. The number of anilines is 1. The fraction of sp³-hybridized carbons (Fsp3) is 0.333. The molecule has 3 heteroatoms. The molecule has 3 nitrogen and oxygen atoms in total. The lowest BCUT2D eigenvalue weighted by Gasteiger charge is -2.10. The normalized spacial score (nSPS) is 10.2. The van der Waals surface area contributed by atoms with E-state index in [9.17, 15) is 10.2 Å². The van der Waals surface area contributed by atoms with Gasteiger partial charge in [-0.25, -0.2) is 0 Å². The largest absolute Gasteiger partial charge is 0.504 e. The van der Waals surface area contributed by atoms with Crippen molar-refractivity contribution in [2.45, 2.75) is 20.3 Å². The number of benzene rings is 1. The van der Waals surface area contributed by atoms with Gasteiger partial charge in [-0.15, -0.1) is 0 Å². The van der Waals surface area contributed by atoms with Crippen molar-refractivity contribution in [1.29, 1.82) is 0 Å². The minimum absolute atomic E-state index is 0.151. The lowest BCUT2D eigenvalue weighted by molar-refractivity contribution is 0.405. The van der Waals surface area contributed by atoms with Crippen LogP contribution in [0.2, 0.25) is 0 Å². The monoisotopic (exact) mass is 167 g/mol. The van der Waals surface area contributed by atoms with Crippen LogP contribution in [0.1, 0.15) is 18.1 Å². The summed E-state index contributed by atoms with van der Waals surface area (Å²) in [5.41, 5.74) is 7.67. The SMILES string of the molecule is CCc1c(C)cc(O)c(O)c1N. The van der Waals surface area contributed by atoms with Gasteiger partial charge in [0.05, 0.1) is 5.69 Å². The van der Waals surface area contributed by atoms with Crippen molar-refractivity contribution in [2.75, 3.05) is 5.73 Å². The van der Waals surface area contributed by atoms with E-state index in [1.165, 1.54) is 6.07 Å². The smallest absolute Gasteiger partial charge is 0.181 e. The molecule has 66 valence electrons. The first kappa shape index (κ1) is 8.71. The van der Waals surface area contributed by atoms with Crippen molar-refractivity contribution in [1.82, 2.24) is 0 Å². The zero-order valence-corrected chi connectivity index (χ0v) is 7.26. The molecular weight excluding hydrogens is 154 g/mol. The van der Waals surface area contributed by atoms with E-state index in [-0.39, 0.29) is 17.2 Å². The second-order valence-electron chi connectivity index (χ2n) is 2.81. The Kier molecular flexibility index (Phi) is 2.13. The molecule has 0 amide bonds. The van der Waals surface area contributed by atoms with Crippen LogP contribution in [0.5, 0.6) is 11.5 Å². The topological polar surface area (TPSA) is 66.5 Å². The third-order valence-electron chi connectivity index (χ3n) is 2.01. The van der Waals surface area contributed by atoms with E-state index in [1.807, 2.05) is 13.8 Å². The van der Waals surface area contributed by atoms with Crippen LogP contribution in [0.25, 0.3) is 0 Å². The van der Waals surface area contributed by atoms with Gasteiger partial charge in [0.15, 0.2) is 11.5 Å². The molecular formula is C9H13NO2. The maximum Gasteiger partial charge on any atom is 0.181 e. The van der Waals surface area contributed by atoms with Gasteiger partial charge >= 0.3 is 0 Å². The van der Waals surface area contributed by atoms with Gasteiger partial charge < -0.3 is 15.9 Å². The Balaban J connectivity index is 3.40. The highest BCUT2D eigenvalue weighted by molar-refractivity contribution is 5.66. The van der Waals surface area contributed by atoms with Crippen LogP contribution in [-0.4, -0.2) is 10.2 Å². The van der Waals surface area contributed by atoms with Gasteiger partial charge in [0, 0.05) is 0 Å². The summed E-state index contributed by atoms with van der Waals surface area (Å²) >= 11 is 0. The van der Waals surface area contributed by atoms with Crippen LogP contribution in [0.15, 0.2) is 6.07 Å². The molecule has 0 atom stereocenters. The molecule has 0 radical (unpaired) electrons. The molecule has 1 rings (SSSR count). The molecule has 0 aliphatic rings. The first-order valence-electron chi connectivity index (χ1n) is 3.87. The van der Waals surface area contributed by atoms with Gasteiger partial charge in [-0.2, -0.15) is 0 Å². The van der Waals surface area contributed by atoms with Crippen LogP contribution in [0.4, 0.5) is 5.69 Å². The first-order chi connectivity index (χ1) is 5.57. The molecule has 12 heavy (non-hydrogen) atoms. The van der Waals surface area contributed by atoms with E-state index < -0.39 is 0 Å². The summed E-state index contributed by atoms with van der Waals surface area (Å²) in [6.45, 7) is 3.81. The molecule has 0 bridgehead atoms. The summed E-state index contributed by atoms with van der Waals surface area (Å²) in [5, 5.41) is 18.4. The Hall–Kier alpha value is -1.38. The molecule has 0 aliphatic carbocycles. The molecule has 0 saturated carbocycles. The Morgan fingerprint density at radius 2 is 2.00 bits per heavy atom. The molecule has 0 aliphatic heterocycles. The second-order valence-corrected chi connectivity index (χ2v) is 2.81. The minimum Gasteiger partial charge on any atom is -0.504 e. The summed E-state index contributed by atoms with van der Waals surface area (Å²) in [5.74, 6) is -0.361. The highest BCUT2D eigenvalue weighted by Gasteiger charge is 2.10. The summed E-state index contributed by atoms with van der Waals surface area (Å²) < 4.78 is 0. The van der Waals surface area contributed by atoms with Crippen LogP contribution < -0.4 is 5.73 Å². The molecule has 0 aromatic heterocycles. The average Bonchev–Trinajstić information content (AvgIpc) is 2.01. The van der Waals surface area contributed by atoms with Crippen LogP contribution in [0.3, 0.4) is 0 Å². The Bertz CT molecular complexity index is 308. The molecule has 1 aromatic carbocycles. The highest BCUT2D eigenvalue weighted by atomic mass is 16.3. The lowest BCUT2D eigenvalue weighted by Crippen LogP contribution is -1.96. The molecule has 1 aromatic rings. The standard InChI is InChI=1S/C9H13NO2/c1-3-6-5(2)4-7(11)9(12)8(6)10/h4,11-12H,3,10H2,1-2H3. The number of aromatic hydroxyl groups is 2. The summed E-state index contributed by atoms with van der Waals surface area (Å²) in [4.78, 5) is 0. The van der Waals surface area contributed by atoms with E-state index in [1.54, 1.807) is 0 Å². The van der Waals surface area contributed by atoms with E-state index in [2.05, 4.69) is 0 Å². The third kappa shape index (κ3) is 1.18. The van der Waals surface area contributed by atoms with Gasteiger partial charge in [0.1, 0.15) is 0 Å². The summed E-state index contributed by atoms with van der Waals surface area (Å²) in [6, 6.07) is 1.52. The molecule has 0 heterocycles. The van der Waals surface area contributed by atoms with Gasteiger partial charge in [0.25, 0.3) is 0 Å². The van der Waals surface area contributed by atoms with Crippen molar-refractivity contribution >= 4 is 5.69 Å². The minimum atomic E-state index is -0.211. The van der Waals surface area contributed by atoms with Crippen molar-refractivity contribution in [2.24, 2.45) is 0 Å². The number of hydrogen-bond acceptors (Lipinski definition) is 3. The van der Waals surface area contributed by atoms with Gasteiger partial charge in [-0.05, 0) is 30.5 Å². The molecule has 0 unspecified atom stereocenters. The van der Waals surface area contributed by atoms with Gasteiger partial charge in [0.2, 0.25) is 0 Å². The number of hydrogen-bond donors (Lipinski definition) is 3. The predicted octanol–water partition coefficient (Wildman–Crippen LogP) is 1.55. The predicted molar refractivity (Wildman–Crippen MR) is 48.3 cm³/mol. The van der Waals surface area contributed by atoms with Gasteiger partial charge in [-0.3, -0.25) is 0 Å². The number of phenols is 2. The fourth-order valence-corrected chi connectivity index (χ4v) is 1.32. The van der Waals surface area contributed by atoms with Crippen LogP contribution in [0, 0.1) is 6.92 Å². The number of phenolic OH excluding ortho intramolecular Hbond substituents is 2. The Morgan fingerprint density at radius 1 is 1.42 bits per heavy atom. The van der Waals surface area contributed by atoms with Crippen LogP contribution >= 0.6 is 0 Å². The molecule has 0 fully saturated rings. The highest BCUT2D eigenvalue weighted by Crippen LogP contribution is 2.36. The van der Waals surface area contributed by atoms with E-state index in [0.717, 1.165) is 17.5 Å². The number of nitrogen functional groups attached to an aromatic ring is 1.